The highest BCUT2D eigenvalue weighted by atomic mass is 32.1. The second kappa shape index (κ2) is 6.41. The summed E-state index contributed by atoms with van der Waals surface area (Å²) in [5, 5.41) is 7.82. The minimum atomic E-state index is -2.47. The third-order valence-electron chi connectivity index (χ3n) is 3.34. The first-order valence-corrected chi connectivity index (χ1v) is 7.89. The van der Waals surface area contributed by atoms with Crippen molar-refractivity contribution in [3.8, 4) is 0 Å². The van der Waals surface area contributed by atoms with Gasteiger partial charge in [0.25, 0.3) is 12.0 Å². The van der Waals surface area contributed by atoms with Crippen LogP contribution in [0.2, 0.25) is 0 Å². The Morgan fingerprint density at radius 3 is 2.70 bits per heavy atom. The van der Waals surface area contributed by atoms with Gasteiger partial charge in [-0.25, -0.2) is 13.8 Å². The molecule has 8 heteroatoms. The summed E-state index contributed by atoms with van der Waals surface area (Å²) >= 11 is 1.28. The van der Waals surface area contributed by atoms with Crippen molar-refractivity contribution in [2.24, 2.45) is 0 Å². The number of aromatic nitrogens is 3. The maximum Gasteiger partial charge on any atom is 0.275 e. The van der Waals surface area contributed by atoms with Crippen LogP contribution in [0.15, 0.2) is 35.1 Å². The first kappa shape index (κ1) is 15.5. The van der Waals surface area contributed by atoms with Crippen LogP contribution in [0.3, 0.4) is 0 Å². The van der Waals surface area contributed by atoms with Crippen LogP contribution >= 0.6 is 11.3 Å². The predicted molar refractivity (Wildman–Crippen MR) is 85.2 cm³/mol. The van der Waals surface area contributed by atoms with Crippen LogP contribution in [0.25, 0.3) is 4.96 Å². The van der Waals surface area contributed by atoms with Crippen molar-refractivity contribution in [3.05, 3.63) is 57.5 Å². The maximum absolute atomic E-state index is 12.5. The third kappa shape index (κ3) is 3.37. The Balaban J connectivity index is 1.76. The number of fused-ring (bicyclic) bond motifs is 1. The zero-order valence-electron chi connectivity index (χ0n) is 12.3. The van der Waals surface area contributed by atoms with Gasteiger partial charge in [0.2, 0.25) is 10.1 Å². The largest absolute Gasteiger partial charge is 0.356 e. The number of hydrogen-bond acceptors (Lipinski definition) is 5. The normalized spacial score (nSPS) is 11.3. The standard InChI is InChI=1S/C15H14F2N4OS/c1-2-11-7-12(22)21-15(19-11)23-14(20-21)18-8-9-3-5-10(6-4-9)13(16)17/h3-7,13H,2,8H2,1H3,(H,18,20). The molecule has 0 radical (unpaired) electrons. The van der Waals surface area contributed by atoms with Crippen LogP contribution in [-0.4, -0.2) is 14.6 Å². The lowest BCUT2D eigenvalue weighted by Crippen LogP contribution is -2.15. The Labute approximate surface area is 134 Å². The van der Waals surface area contributed by atoms with E-state index >= 15 is 0 Å². The van der Waals surface area contributed by atoms with Crippen LogP contribution in [-0.2, 0) is 13.0 Å². The number of benzene rings is 1. The molecule has 3 aromatic rings. The van der Waals surface area contributed by atoms with E-state index in [1.165, 1.54) is 34.1 Å². The molecule has 0 aliphatic carbocycles. The zero-order valence-corrected chi connectivity index (χ0v) is 13.1. The molecule has 0 aliphatic rings. The van der Waals surface area contributed by atoms with Crippen molar-refractivity contribution in [2.75, 3.05) is 5.32 Å². The molecule has 0 atom stereocenters. The summed E-state index contributed by atoms with van der Waals surface area (Å²) in [6, 6.07) is 7.56. The molecule has 0 bridgehead atoms. The van der Waals surface area contributed by atoms with E-state index in [-0.39, 0.29) is 11.1 Å². The second-order valence-corrected chi connectivity index (χ2v) is 5.89. The van der Waals surface area contributed by atoms with Crippen LogP contribution in [0.5, 0.6) is 0 Å². The Bertz CT molecular complexity index is 873. The Morgan fingerprint density at radius 1 is 1.30 bits per heavy atom. The molecule has 3 rings (SSSR count). The molecule has 23 heavy (non-hydrogen) atoms. The summed E-state index contributed by atoms with van der Waals surface area (Å²) in [6.07, 6.45) is -1.78. The fourth-order valence-electron chi connectivity index (χ4n) is 2.07. The highest BCUT2D eigenvalue weighted by molar-refractivity contribution is 7.20. The summed E-state index contributed by atoms with van der Waals surface area (Å²) in [6.45, 7) is 2.36. The molecule has 2 aromatic heterocycles. The van der Waals surface area contributed by atoms with E-state index in [0.717, 1.165) is 11.3 Å². The molecule has 0 amide bonds. The summed E-state index contributed by atoms with van der Waals surface area (Å²) in [7, 11) is 0. The number of alkyl halides is 2. The van der Waals surface area contributed by atoms with Crippen molar-refractivity contribution in [1.29, 1.82) is 0 Å². The van der Waals surface area contributed by atoms with Gasteiger partial charge in [0, 0.05) is 23.9 Å². The Hall–Kier alpha value is -2.35. The highest BCUT2D eigenvalue weighted by Crippen LogP contribution is 2.20. The quantitative estimate of drug-likeness (QED) is 0.777. The average Bonchev–Trinajstić information content (AvgIpc) is 2.96. The summed E-state index contributed by atoms with van der Waals surface area (Å²) in [5.74, 6) is 0. The van der Waals surface area contributed by atoms with Crippen molar-refractivity contribution in [3.63, 3.8) is 0 Å². The summed E-state index contributed by atoms with van der Waals surface area (Å²) in [5.41, 5.74) is 1.37. The smallest absolute Gasteiger partial charge is 0.275 e. The number of nitrogens with one attached hydrogen (secondary N) is 1. The number of hydrogen-bond donors (Lipinski definition) is 1. The van der Waals surface area contributed by atoms with E-state index in [1.54, 1.807) is 12.1 Å². The molecule has 0 spiro atoms. The molecule has 0 saturated carbocycles. The van der Waals surface area contributed by atoms with Crippen molar-refractivity contribution >= 4 is 21.4 Å². The third-order valence-corrected chi connectivity index (χ3v) is 4.20. The Kier molecular flexibility index (Phi) is 4.33. The predicted octanol–water partition coefficient (Wildman–Crippen LogP) is 3.26. The molecule has 0 unspecified atom stereocenters. The van der Waals surface area contributed by atoms with Crippen molar-refractivity contribution < 1.29 is 8.78 Å². The number of aryl methyl sites for hydroxylation is 1. The minimum Gasteiger partial charge on any atom is -0.356 e. The number of nitrogens with zero attached hydrogens (tertiary/aromatic N) is 3. The topological polar surface area (TPSA) is 59.3 Å². The average molecular weight is 336 g/mol. The van der Waals surface area contributed by atoms with Crippen LogP contribution < -0.4 is 10.9 Å². The monoisotopic (exact) mass is 336 g/mol. The molecule has 1 aromatic carbocycles. The summed E-state index contributed by atoms with van der Waals surface area (Å²) < 4.78 is 26.3. The molecule has 0 saturated heterocycles. The zero-order chi connectivity index (χ0) is 16.4. The van der Waals surface area contributed by atoms with E-state index in [0.29, 0.717) is 23.1 Å². The van der Waals surface area contributed by atoms with Gasteiger partial charge in [-0.05, 0) is 12.0 Å². The molecule has 0 fully saturated rings. The lowest BCUT2D eigenvalue weighted by atomic mass is 10.1. The Morgan fingerprint density at radius 2 is 2.04 bits per heavy atom. The van der Waals surface area contributed by atoms with Gasteiger partial charge in [-0.15, -0.1) is 5.10 Å². The van der Waals surface area contributed by atoms with E-state index < -0.39 is 6.43 Å². The van der Waals surface area contributed by atoms with E-state index in [2.05, 4.69) is 15.4 Å². The number of rotatable bonds is 5. The van der Waals surface area contributed by atoms with Gasteiger partial charge in [-0.3, -0.25) is 4.79 Å². The van der Waals surface area contributed by atoms with Crippen LogP contribution in [0, 0.1) is 0 Å². The first-order valence-electron chi connectivity index (χ1n) is 7.07. The molecule has 2 heterocycles. The van der Waals surface area contributed by atoms with Gasteiger partial charge in [0.1, 0.15) is 0 Å². The number of halogens is 2. The molecule has 120 valence electrons. The fourth-order valence-corrected chi connectivity index (χ4v) is 2.89. The van der Waals surface area contributed by atoms with Gasteiger partial charge in [-0.2, -0.15) is 4.52 Å². The molecular formula is C15H14F2N4OS. The number of anilines is 1. The van der Waals surface area contributed by atoms with Crippen LogP contribution in [0.1, 0.15) is 30.2 Å². The SMILES string of the molecule is CCc1cc(=O)n2nc(NCc3ccc(C(F)F)cc3)sc2n1. The molecule has 1 N–H and O–H groups in total. The fraction of sp³-hybridized carbons (Fsp3) is 0.267. The lowest BCUT2D eigenvalue weighted by Gasteiger charge is -2.04. The van der Waals surface area contributed by atoms with Crippen molar-refractivity contribution in [1.82, 2.24) is 14.6 Å². The minimum absolute atomic E-state index is 0.00316. The van der Waals surface area contributed by atoms with E-state index in [4.69, 9.17) is 0 Å². The van der Waals surface area contributed by atoms with Crippen LogP contribution in [0.4, 0.5) is 13.9 Å². The molecule has 5 nitrogen and oxygen atoms in total. The maximum atomic E-state index is 12.5. The highest BCUT2D eigenvalue weighted by Gasteiger charge is 2.09. The van der Waals surface area contributed by atoms with Gasteiger partial charge >= 0.3 is 0 Å². The van der Waals surface area contributed by atoms with Gasteiger partial charge in [0.15, 0.2) is 0 Å². The molecule has 0 aliphatic heterocycles. The summed E-state index contributed by atoms with van der Waals surface area (Å²) in [4.78, 5) is 16.8. The lowest BCUT2D eigenvalue weighted by molar-refractivity contribution is 0.151. The first-order chi connectivity index (χ1) is 11.1. The van der Waals surface area contributed by atoms with Gasteiger partial charge in [-0.1, -0.05) is 42.5 Å². The van der Waals surface area contributed by atoms with E-state index in [1.807, 2.05) is 6.92 Å². The van der Waals surface area contributed by atoms with Gasteiger partial charge < -0.3 is 5.32 Å². The van der Waals surface area contributed by atoms with Crippen molar-refractivity contribution in [2.45, 2.75) is 26.3 Å². The van der Waals surface area contributed by atoms with Gasteiger partial charge in [0.05, 0.1) is 0 Å². The second-order valence-electron chi connectivity index (χ2n) is 4.94. The molecular weight excluding hydrogens is 322 g/mol. The van der Waals surface area contributed by atoms with E-state index in [9.17, 15) is 13.6 Å².